The van der Waals surface area contributed by atoms with E-state index in [-0.39, 0.29) is 12.5 Å². The van der Waals surface area contributed by atoms with Gasteiger partial charge in [0.25, 0.3) is 11.8 Å². The van der Waals surface area contributed by atoms with Gasteiger partial charge < -0.3 is 9.15 Å². The molecule has 30 heavy (non-hydrogen) atoms. The van der Waals surface area contributed by atoms with Crippen molar-refractivity contribution in [3.63, 3.8) is 0 Å². The van der Waals surface area contributed by atoms with Crippen molar-refractivity contribution in [1.82, 2.24) is 20.6 Å². The number of aromatic nitrogens is 2. The topological polar surface area (TPSA) is 115 Å². The Hall–Kier alpha value is -3.95. The number of rotatable bonds is 7. The number of ether oxygens (including phenoxy) is 1. The molecular weight excluding hydrogens is 395 g/mol. The first-order chi connectivity index (χ1) is 14.4. The molecule has 0 radical (unpaired) electrons. The van der Waals surface area contributed by atoms with E-state index in [9.17, 15) is 18.8 Å². The molecule has 0 saturated heterocycles. The maximum absolute atomic E-state index is 13.0. The van der Waals surface area contributed by atoms with Crippen molar-refractivity contribution in [2.75, 3.05) is 6.61 Å². The molecule has 2 amide bonds. The van der Waals surface area contributed by atoms with Crippen LogP contribution in [0.5, 0.6) is 5.75 Å². The quantitative estimate of drug-likeness (QED) is 0.565. The van der Waals surface area contributed by atoms with Crippen LogP contribution in [0.2, 0.25) is 0 Å². The highest BCUT2D eigenvalue weighted by atomic mass is 19.1. The summed E-state index contributed by atoms with van der Waals surface area (Å²) < 4.78 is 24.0. The third kappa shape index (κ3) is 5.53. The minimum atomic E-state index is -0.866. The Balaban J connectivity index is 1.47. The van der Waals surface area contributed by atoms with Crippen LogP contribution in [-0.4, -0.2) is 28.2 Å². The Kier molecular flexibility index (Phi) is 6.58. The molecule has 0 fully saturated rings. The summed E-state index contributed by atoms with van der Waals surface area (Å²) in [7, 11) is 0. The second-order valence-electron chi connectivity index (χ2n) is 6.22. The molecule has 3 aromatic rings. The number of nitrogens with zero attached hydrogens (tertiary/aromatic N) is 2. The van der Waals surface area contributed by atoms with E-state index < -0.39 is 29.9 Å². The van der Waals surface area contributed by atoms with Gasteiger partial charge in [0.05, 0.1) is 0 Å². The van der Waals surface area contributed by atoms with Crippen LogP contribution in [0, 0.1) is 5.82 Å². The van der Waals surface area contributed by atoms with Crippen molar-refractivity contribution in [3.05, 3.63) is 70.5 Å². The largest absolute Gasteiger partial charge is 0.484 e. The summed E-state index contributed by atoms with van der Waals surface area (Å²) in [5, 5.41) is 3.88. The van der Waals surface area contributed by atoms with Crippen LogP contribution in [0.15, 0.2) is 57.7 Å². The number of amides is 2. The molecule has 3 rings (SSSR count). The molecule has 0 aliphatic heterocycles. The van der Waals surface area contributed by atoms with Crippen molar-refractivity contribution in [3.8, 4) is 17.2 Å². The van der Waals surface area contributed by atoms with E-state index in [2.05, 4.69) is 16.0 Å². The average Bonchev–Trinajstić information content (AvgIpc) is 3.11. The molecule has 1 heterocycles. The maximum atomic E-state index is 13.0. The summed E-state index contributed by atoms with van der Waals surface area (Å²) in [6.45, 7) is 1.25. The number of benzene rings is 2. The van der Waals surface area contributed by atoms with Crippen LogP contribution in [0.25, 0.3) is 11.5 Å². The zero-order chi connectivity index (χ0) is 21.5. The number of hydrogen-bond donors (Lipinski definition) is 2. The van der Waals surface area contributed by atoms with Gasteiger partial charge in [-0.3, -0.25) is 20.4 Å². The first-order valence-electron chi connectivity index (χ1n) is 9.08. The fourth-order valence-electron chi connectivity index (χ4n) is 2.44. The zero-order valence-electron chi connectivity index (χ0n) is 16.1. The SMILES string of the molecule is CCc1ccc(OCC(=O)NNC(=O)Cn2nc(-c3ccc(F)cc3)oc2=O)cc1. The number of halogens is 1. The standard InChI is InChI=1S/C20H19FN4O5/c1-2-13-3-9-16(10-4-13)29-12-18(27)23-22-17(26)11-25-20(28)30-19(24-25)14-5-7-15(21)8-6-14/h3-10H,2,11-12H2,1H3,(H,22,26)(H,23,27). The number of hydrazine groups is 1. The molecule has 2 N–H and O–H groups in total. The van der Waals surface area contributed by atoms with Gasteiger partial charge in [0, 0.05) is 5.56 Å². The Labute approximate surface area is 170 Å². The summed E-state index contributed by atoms with van der Waals surface area (Å²) in [5.74, 6) is -2.12. The molecule has 0 unspecified atom stereocenters. The summed E-state index contributed by atoms with van der Waals surface area (Å²) >= 11 is 0. The van der Waals surface area contributed by atoms with Crippen molar-refractivity contribution in [1.29, 1.82) is 0 Å². The molecular formula is C20H19FN4O5. The Bertz CT molecular complexity index is 1070. The van der Waals surface area contributed by atoms with E-state index in [1.165, 1.54) is 24.3 Å². The van der Waals surface area contributed by atoms with Gasteiger partial charge in [-0.05, 0) is 48.4 Å². The number of aryl methyl sites for hydroxylation is 1. The van der Waals surface area contributed by atoms with Crippen molar-refractivity contribution >= 4 is 11.8 Å². The number of carbonyl (C=O) groups excluding carboxylic acids is 2. The second-order valence-corrected chi connectivity index (χ2v) is 6.22. The minimum absolute atomic E-state index is 0.0562. The lowest BCUT2D eigenvalue weighted by atomic mass is 10.2. The first-order valence-corrected chi connectivity index (χ1v) is 9.08. The lowest BCUT2D eigenvalue weighted by Crippen LogP contribution is -2.45. The fourth-order valence-corrected chi connectivity index (χ4v) is 2.44. The highest BCUT2D eigenvalue weighted by Crippen LogP contribution is 2.15. The van der Waals surface area contributed by atoms with Gasteiger partial charge >= 0.3 is 5.76 Å². The van der Waals surface area contributed by atoms with E-state index >= 15 is 0 Å². The van der Waals surface area contributed by atoms with Crippen LogP contribution < -0.4 is 21.3 Å². The molecule has 0 spiro atoms. The normalized spacial score (nSPS) is 10.5. The maximum Gasteiger partial charge on any atom is 0.437 e. The zero-order valence-corrected chi connectivity index (χ0v) is 16.1. The Morgan fingerprint density at radius 1 is 1.07 bits per heavy atom. The third-order valence-electron chi connectivity index (χ3n) is 4.03. The number of nitrogens with one attached hydrogen (secondary N) is 2. The van der Waals surface area contributed by atoms with E-state index in [1.807, 2.05) is 19.1 Å². The van der Waals surface area contributed by atoms with E-state index in [1.54, 1.807) is 12.1 Å². The van der Waals surface area contributed by atoms with Crippen LogP contribution in [0.3, 0.4) is 0 Å². The summed E-state index contributed by atoms with van der Waals surface area (Å²) in [4.78, 5) is 35.6. The van der Waals surface area contributed by atoms with Crippen LogP contribution >= 0.6 is 0 Å². The molecule has 0 saturated carbocycles. The predicted molar refractivity (Wildman–Crippen MR) is 104 cm³/mol. The summed E-state index contributed by atoms with van der Waals surface area (Å²) in [6.07, 6.45) is 0.896. The number of carbonyl (C=O) groups is 2. The van der Waals surface area contributed by atoms with Gasteiger partial charge in [-0.15, -0.1) is 5.10 Å². The van der Waals surface area contributed by atoms with Gasteiger partial charge in [-0.2, -0.15) is 4.68 Å². The van der Waals surface area contributed by atoms with E-state index in [0.29, 0.717) is 11.3 Å². The Morgan fingerprint density at radius 3 is 2.40 bits per heavy atom. The lowest BCUT2D eigenvalue weighted by molar-refractivity contribution is -0.130. The van der Waals surface area contributed by atoms with E-state index in [4.69, 9.17) is 9.15 Å². The highest BCUT2D eigenvalue weighted by Gasteiger charge is 2.14. The van der Waals surface area contributed by atoms with Crippen LogP contribution in [-0.2, 0) is 22.6 Å². The van der Waals surface area contributed by atoms with Gasteiger partial charge in [0.2, 0.25) is 5.89 Å². The molecule has 0 atom stereocenters. The molecule has 1 aromatic heterocycles. The molecule has 156 valence electrons. The van der Waals surface area contributed by atoms with Gasteiger partial charge in [-0.25, -0.2) is 9.18 Å². The molecule has 0 aliphatic carbocycles. The molecule has 10 heteroatoms. The van der Waals surface area contributed by atoms with Crippen molar-refractivity contribution < 1.29 is 23.1 Å². The summed E-state index contributed by atoms with van der Waals surface area (Å²) in [6, 6.07) is 12.5. The fraction of sp³-hybridized carbons (Fsp3) is 0.200. The van der Waals surface area contributed by atoms with E-state index in [0.717, 1.165) is 16.7 Å². The monoisotopic (exact) mass is 414 g/mol. The second kappa shape index (κ2) is 9.50. The average molecular weight is 414 g/mol. The van der Waals surface area contributed by atoms with Gasteiger partial charge in [0.1, 0.15) is 18.1 Å². The highest BCUT2D eigenvalue weighted by molar-refractivity contribution is 5.82. The molecule has 0 bridgehead atoms. The number of hydrogen-bond acceptors (Lipinski definition) is 6. The summed E-state index contributed by atoms with van der Waals surface area (Å²) in [5.41, 5.74) is 5.86. The first kappa shape index (κ1) is 20.8. The van der Waals surface area contributed by atoms with Gasteiger partial charge in [0.15, 0.2) is 6.61 Å². The molecule has 0 aliphatic rings. The van der Waals surface area contributed by atoms with Gasteiger partial charge in [-0.1, -0.05) is 19.1 Å². The third-order valence-corrected chi connectivity index (χ3v) is 4.03. The molecule has 2 aromatic carbocycles. The molecule has 9 nitrogen and oxygen atoms in total. The van der Waals surface area contributed by atoms with Crippen LogP contribution in [0.1, 0.15) is 12.5 Å². The van der Waals surface area contributed by atoms with Crippen molar-refractivity contribution in [2.45, 2.75) is 19.9 Å². The lowest BCUT2D eigenvalue weighted by Gasteiger charge is -2.09. The smallest absolute Gasteiger partial charge is 0.437 e. The van der Waals surface area contributed by atoms with Crippen molar-refractivity contribution in [2.24, 2.45) is 0 Å². The van der Waals surface area contributed by atoms with Crippen LogP contribution in [0.4, 0.5) is 4.39 Å². The minimum Gasteiger partial charge on any atom is -0.484 e. The predicted octanol–water partition coefficient (Wildman–Crippen LogP) is 1.43. The Morgan fingerprint density at radius 2 is 1.73 bits per heavy atom.